The van der Waals surface area contributed by atoms with E-state index < -0.39 is 0 Å². The van der Waals surface area contributed by atoms with Crippen LogP contribution in [0, 0.1) is 11.3 Å². The third-order valence-electron chi connectivity index (χ3n) is 3.12. The highest BCUT2D eigenvalue weighted by molar-refractivity contribution is 5.68. The number of amides is 1. The average Bonchev–Trinajstić information content (AvgIpc) is 2.47. The summed E-state index contributed by atoms with van der Waals surface area (Å²) >= 11 is 0. The maximum atomic E-state index is 12.0. The molecule has 1 atom stereocenters. The molecule has 1 amide bonds. The number of nitriles is 1. The first-order valence-electron chi connectivity index (χ1n) is 6.36. The second kappa shape index (κ2) is 6.76. The minimum Gasteiger partial charge on any atom is -0.445 e. The van der Waals surface area contributed by atoms with Gasteiger partial charge in [-0.2, -0.15) is 5.26 Å². The summed E-state index contributed by atoms with van der Waals surface area (Å²) in [5.74, 6) is 0. The van der Waals surface area contributed by atoms with Gasteiger partial charge in [-0.05, 0) is 5.56 Å². The summed E-state index contributed by atoms with van der Waals surface area (Å²) in [6.45, 7) is 2.24. The highest BCUT2D eigenvalue weighted by atomic mass is 16.6. The van der Waals surface area contributed by atoms with Crippen LogP contribution in [0.25, 0.3) is 0 Å². The largest absolute Gasteiger partial charge is 0.445 e. The van der Waals surface area contributed by atoms with Gasteiger partial charge in [-0.25, -0.2) is 4.79 Å². The summed E-state index contributed by atoms with van der Waals surface area (Å²) < 4.78 is 5.29. The van der Waals surface area contributed by atoms with Gasteiger partial charge in [0.25, 0.3) is 0 Å². The molecule has 0 saturated carbocycles. The molecule has 1 saturated heterocycles. The third-order valence-corrected chi connectivity index (χ3v) is 3.12. The molecule has 1 aliphatic heterocycles. The Morgan fingerprint density at radius 2 is 2.26 bits per heavy atom. The maximum absolute atomic E-state index is 12.0. The van der Waals surface area contributed by atoms with E-state index in [1.54, 1.807) is 4.90 Å². The van der Waals surface area contributed by atoms with Gasteiger partial charge in [-0.3, -0.25) is 0 Å². The molecule has 1 N–H and O–H groups in total. The number of nitrogens with zero attached hydrogens (tertiary/aromatic N) is 2. The molecule has 1 aromatic carbocycles. The van der Waals surface area contributed by atoms with Gasteiger partial charge in [0.05, 0.1) is 18.5 Å². The van der Waals surface area contributed by atoms with Crippen LogP contribution in [0.5, 0.6) is 0 Å². The Morgan fingerprint density at radius 3 is 3.00 bits per heavy atom. The smallest absolute Gasteiger partial charge is 0.410 e. The predicted molar refractivity (Wildman–Crippen MR) is 70.2 cm³/mol. The molecule has 100 valence electrons. The highest BCUT2D eigenvalue weighted by Gasteiger charge is 2.27. The molecule has 0 spiro atoms. The van der Waals surface area contributed by atoms with Crippen LogP contribution in [-0.4, -0.2) is 36.7 Å². The fourth-order valence-corrected chi connectivity index (χ4v) is 2.09. The van der Waals surface area contributed by atoms with Gasteiger partial charge in [0.2, 0.25) is 0 Å². The number of ether oxygens (including phenoxy) is 1. The molecular formula is C14H17N3O2. The first-order chi connectivity index (χ1) is 9.31. The Bertz CT molecular complexity index is 456. The van der Waals surface area contributed by atoms with E-state index in [4.69, 9.17) is 10.00 Å². The molecule has 1 fully saturated rings. The van der Waals surface area contributed by atoms with Crippen molar-refractivity contribution in [3.63, 3.8) is 0 Å². The molecule has 19 heavy (non-hydrogen) atoms. The number of carbonyl (C=O) groups excluding carboxylic acids is 1. The summed E-state index contributed by atoms with van der Waals surface area (Å²) in [4.78, 5) is 13.7. The van der Waals surface area contributed by atoms with E-state index in [1.807, 2.05) is 30.3 Å². The lowest BCUT2D eigenvalue weighted by Gasteiger charge is -2.34. The van der Waals surface area contributed by atoms with Crippen LogP contribution in [0.1, 0.15) is 12.0 Å². The zero-order valence-corrected chi connectivity index (χ0v) is 10.7. The van der Waals surface area contributed by atoms with Gasteiger partial charge in [0, 0.05) is 19.6 Å². The summed E-state index contributed by atoms with van der Waals surface area (Å²) in [6.07, 6.45) is -0.0152. The van der Waals surface area contributed by atoms with Crippen LogP contribution >= 0.6 is 0 Å². The van der Waals surface area contributed by atoms with Crippen molar-refractivity contribution in [2.45, 2.75) is 19.1 Å². The third kappa shape index (κ3) is 3.70. The second-order valence-electron chi connectivity index (χ2n) is 4.45. The van der Waals surface area contributed by atoms with E-state index >= 15 is 0 Å². The molecule has 0 unspecified atom stereocenters. The fraction of sp³-hybridized carbons (Fsp3) is 0.429. The molecule has 2 rings (SSSR count). The Kier molecular flexibility index (Phi) is 4.76. The van der Waals surface area contributed by atoms with Crippen LogP contribution in [0.15, 0.2) is 30.3 Å². The lowest BCUT2D eigenvalue weighted by Crippen LogP contribution is -2.53. The first kappa shape index (κ1) is 13.4. The van der Waals surface area contributed by atoms with Crippen molar-refractivity contribution in [3.8, 4) is 6.07 Å². The van der Waals surface area contributed by atoms with Gasteiger partial charge < -0.3 is 15.0 Å². The van der Waals surface area contributed by atoms with Gasteiger partial charge in [0.15, 0.2) is 0 Å². The Balaban J connectivity index is 1.89. The van der Waals surface area contributed by atoms with Crippen LogP contribution < -0.4 is 5.32 Å². The summed E-state index contributed by atoms with van der Waals surface area (Å²) in [6, 6.07) is 11.6. The van der Waals surface area contributed by atoms with E-state index in [0.717, 1.165) is 12.1 Å². The van der Waals surface area contributed by atoms with Gasteiger partial charge >= 0.3 is 6.09 Å². The van der Waals surface area contributed by atoms with Crippen molar-refractivity contribution in [1.29, 1.82) is 5.26 Å². The topological polar surface area (TPSA) is 65.4 Å². The number of nitrogens with one attached hydrogen (secondary N) is 1. The molecule has 1 aromatic rings. The monoisotopic (exact) mass is 259 g/mol. The Labute approximate surface area is 112 Å². The lowest BCUT2D eigenvalue weighted by atomic mass is 10.1. The average molecular weight is 259 g/mol. The Hall–Kier alpha value is -2.06. The SMILES string of the molecule is N#CC[C@H]1CNCCN1C(=O)OCc1ccccc1. The predicted octanol–water partition coefficient (Wildman–Crippen LogP) is 1.51. The first-order valence-corrected chi connectivity index (χ1v) is 6.36. The second-order valence-corrected chi connectivity index (χ2v) is 4.45. The van der Waals surface area contributed by atoms with E-state index in [0.29, 0.717) is 19.5 Å². The minimum atomic E-state index is -0.342. The minimum absolute atomic E-state index is 0.0953. The lowest BCUT2D eigenvalue weighted by molar-refractivity contribution is 0.0731. The fourth-order valence-electron chi connectivity index (χ4n) is 2.09. The van der Waals surface area contributed by atoms with Crippen molar-refractivity contribution in [1.82, 2.24) is 10.2 Å². The maximum Gasteiger partial charge on any atom is 0.410 e. The van der Waals surface area contributed by atoms with Crippen molar-refractivity contribution in [3.05, 3.63) is 35.9 Å². The highest BCUT2D eigenvalue weighted by Crippen LogP contribution is 2.10. The van der Waals surface area contributed by atoms with E-state index in [9.17, 15) is 4.79 Å². The molecular weight excluding hydrogens is 242 g/mol. The number of hydrogen-bond donors (Lipinski definition) is 1. The van der Waals surface area contributed by atoms with Gasteiger partial charge in [-0.1, -0.05) is 30.3 Å². The van der Waals surface area contributed by atoms with Crippen molar-refractivity contribution in [2.24, 2.45) is 0 Å². The number of carbonyl (C=O) groups is 1. The number of piperazine rings is 1. The van der Waals surface area contributed by atoms with Crippen LogP contribution in [-0.2, 0) is 11.3 Å². The molecule has 0 aliphatic carbocycles. The number of hydrogen-bond acceptors (Lipinski definition) is 4. The molecule has 0 aromatic heterocycles. The summed E-state index contributed by atoms with van der Waals surface area (Å²) in [5, 5.41) is 11.9. The van der Waals surface area contributed by atoms with Crippen LogP contribution in [0.2, 0.25) is 0 Å². The van der Waals surface area contributed by atoms with Gasteiger partial charge in [-0.15, -0.1) is 0 Å². The molecule has 5 nitrogen and oxygen atoms in total. The standard InChI is InChI=1S/C14H17N3O2/c15-7-6-13-10-16-8-9-17(13)14(18)19-11-12-4-2-1-3-5-12/h1-5,13,16H,6,8-11H2/t13-/m0/s1. The number of rotatable bonds is 3. The zero-order valence-electron chi connectivity index (χ0n) is 10.7. The molecule has 1 heterocycles. The van der Waals surface area contributed by atoms with E-state index in [-0.39, 0.29) is 18.7 Å². The molecule has 5 heteroatoms. The normalized spacial score (nSPS) is 18.7. The van der Waals surface area contributed by atoms with E-state index in [1.165, 1.54) is 0 Å². The molecule has 0 radical (unpaired) electrons. The van der Waals surface area contributed by atoms with Crippen LogP contribution in [0.3, 0.4) is 0 Å². The summed E-state index contributed by atoms with van der Waals surface area (Å²) in [5.41, 5.74) is 0.961. The zero-order chi connectivity index (χ0) is 13.5. The molecule has 0 bridgehead atoms. The summed E-state index contributed by atoms with van der Waals surface area (Å²) in [7, 11) is 0. The van der Waals surface area contributed by atoms with Crippen molar-refractivity contribution in [2.75, 3.05) is 19.6 Å². The van der Waals surface area contributed by atoms with E-state index in [2.05, 4.69) is 11.4 Å². The Morgan fingerprint density at radius 1 is 1.47 bits per heavy atom. The quantitative estimate of drug-likeness (QED) is 0.893. The molecule has 1 aliphatic rings. The van der Waals surface area contributed by atoms with Gasteiger partial charge in [0.1, 0.15) is 6.61 Å². The number of benzene rings is 1. The van der Waals surface area contributed by atoms with Crippen LogP contribution in [0.4, 0.5) is 4.79 Å². The van der Waals surface area contributed by atoms with Crippen molar-refractivity contribution >= 4 is 6.09 Å². The van der Waals surface area contributed by atoms with Crippen molar-refractivity contribution < 1.29 is 9.53 Å².